The van der Waals surface area contributed by atoms with Gasteiger partial charge in [-0.05, 0) is 27.2 Å². The van der Waals surface area contributed by atoms with Gasteiger partial charge in [0.1, 0.15) is 11.8 Å². The topological polar surface area (TPSA) is 95.9 Å². The summed E-state index contributed by atoms with van der Waals surface area (Å²) in [5.74, 6) is -0.153. The van der Waals surface area contributed by atoms with Crippen molar-refractivity contribution in [3.8, 4) is 0 Å². The predicted octanol–water partition coefficient (Wildman–Crippen LogP) is 1.18. The molecule has 1 fully saturated rings. The summed E-state index contributed by atoms with van der Waals surface area (Å²) in [7, 11) is 0. The molecule has 1 rings (SSSR count). The molecule has 1 aliphatic rings. The fourth-order valence-electron chi connectivity index (χ4n) is 1.63. The fraction of sp³-hybridized carbons (Fsp3) is 0.727. The van der Waals surface area contributed by atoms with E-state index in [2.05, 4.69) is 5.32 Å². The highest BCUT2D eigenvalue weighted by Gasteiger charge is 2.32. The molecule has 0 aliphatic carbocycles. The van der Waals surface area contributed by atoms with Gasteiger partial charge in [0.05, 0.1) is 6.54 Å². The molecule has 1 atom stereocenters. The molecule has 1 unspecified atom stereocenters. The summed E-state index contributed by atoms with van der Waals surface area (Å²) in [4.78, 5) is 34.6. The lowest BCUT2D eigenvalue weighted by atomic mass is 10.1. The lowest BCUT2D eigenvalue weighted by molar-refractivity contribution is -0.123. The molecule has 0 saturated carbocycles. The van der Waals surface area contributed by atoms with E-state index in [0.29, 0.717) is 0 Å². The first-order chi connectivity index (χ1) is 8.19. The van der Waals surface area contributed by atoms with Crippen molar-refractivity contribution in [1.82, 2.24) is 10.2 Å². The molecule has 0 radical (unpaired) electrons. The molecular weight excluding hydrogens is 240 g/mol. The fourth-order valence-corrected chi connectivity index (χ4v) is 1.63. The molecule has 0 aromatic rings. The van der Waals surface area contributed by atoms with E-state index in [0.717, 1.165) is 4.90 Å². The van der Waals surface area contributed by atoms with Crippen LogP contribution in [0, 0.1) is 0 Å². The van der Waals surface area contributed by atoms with Gasteiger partial charge in [-0.25, -0.2) is 9.59 Å². The third-order valence-corrected chi connectivity index (χ3v) is 2.35. The van der Waals surface area contributed by atoms with E-state index in [-0.39, 0.29) is 25.2 Å². The maximum atomic E-state index is 11.5. The second-order valence-corrected chi connectivity index (χ2v) is 5.15. The monoisotopic (exact) mass is 258 g/mol. The lowest BCUT2D eigenvalue weighted by Crippen LogP contribution is -2.55. The number of nitrogens with one attached hydrogen (secondary N) is 1. The minimum Gasteiger partial charge on any atom is -0.465 e. The van der Waals surface area contributed by atoms with Crippen molar-refractivity contribution in [3.05, 3.63) is 0 Å². The number of carbonyl (C=O) groups excluding carboxylic acids is 2. The van der Waals surface area contributed by atoms with Crippen LogP contribution in [-0.4, -0.2) is 46.3 Å². The highest BCUT2D eigenvalue weighted by Crippen LogP contribution is 2.14. The highest BCUT2D eigenvalue weighted by atomic mass is 16.6. The Balaban J connectivity index is 2.61. The Hall–Kier alpha value is -1.79. The van der Waals surface area contributed by atoms with Crippen molar-refractivity contribution in [2.75, 3.05) is 6.54 Å². The van der Waals surface area contributed by atoms with Crippen LogP contribution in [0.15, 0.2) is 0 Å². The minimum atomic E-state index is -1.23. The molecule has 2 amide bonds. The van der Waals surface area contributed by atoms with Gasteiger partial charge in [-0.3, -0.25) is 9.69 Å². The number of nitrogens with zero attached hydrogens (tertiary/aromatic N) is 1. The average Bonchev–Trinajstić information content (AvgIpc) is 2.17. The number of carboxylic acid groups (broad SMARTS) is 1. The van der Waals surface area contributed by atoms with Gasteiger partial charge in [-0.15, -0.1) is 0 Å². The summed E-state index contributed by atoms with van der Waals surface area (Å²) in [6.07, 6.45) is -2.11. The van der Waals surface area contributed by atoms with E-state index in [1.54, 1.807) is 20.8 Å². The number of ether oxygens (including phenoxy) is 1. The number of amides is 2. The first-order valence-electron chi connectivity index (χ1n) is 5.70. The van der Waals surface area contributed by atoms with Crippen LogP contribution in [0.1, 0.15) is 33.6 Å². The predicted molar refractivity (Wildman–Crippen MR) is 62.1 cm³/mol. The zero-order valence-electron chi connectivity index (χ0n) is 10.7. The van der Waals surface area contributed by atoms with E-state index < -0.39 is 24.0 Å². The summed E-state index contributed by atoms with van der Waals surface area (Å²) < 4.78 is 5.04. The van der Waals surface area contributed by atoms with E-state index in [9.17, 15) is 14.4 Å². The Morgan fingerprint density at radius 3 is 2.56 bits per heavy atom. The standard InChI is InChI=1S/C11H18N2O5/c1-11(2,3)18-9(15)12-8-5-4-7(14)6-13(8)10(16)17/h8H,4-6H2,1-3H3,(H,12,15)(H,16,17). The molecule has 102 valence electrons. The second-order valence-electron chi connectivity index (χ2n) is 5.15. The van der Waals surface area contributed by atoms with Crippen LogP contribution in [0.2, 0.25) is 0 Å². The van der Waals surface area contributed by atoms with Crippen LogP contribution in [0.4, 0.5) is 9.59 Å². The van der Waals surface area contributed by atoms with Crippen LogP contribution in [0.25, 0.3) is 0 Å². The van der Waals surface area contributed by atoms with Gasteiger partial charge in [-0.2, -0.15) is 0 Å². The normalized spacial score (nSPS) is 20.5. The van der Waals surface area contributed by atoms with Gasteiger partial charge < -0.3 is 15.2 Å². The van der Waals surface area contributed by atoms with Gasteiger partial charge >= 0.3 is 12.2 Å². The van der Waals surface area contributed by atoms with Gasteiger partial charge in [0.25, 0.3) is 0 Å². The summed E-state index contributed by atoms with van der Waals surface area (Å²) in [5, 5.41) is 11.4. The number of alkyl carbamates (subject to hydrolysis) is 1. The van der Waals surface area contributed by atoms with Crippen LogP contribution in [0.3, 0.4) is 0 Å². The number of Topliss-reactive ketones (excluding diaryl/α,β-unsaturated/α-hetero) is 1. The van der Waals surface area contributed by atoms with Crippen molar-refractivity contribution < 1.29 is 24.2 Å². The highest BCUT2D eigenvalue weighted by molar-refractivity contribution is 5.85. The second kappa shape index (κ2) is 5.24. The molecule has 18 heavy (non-hydrogen) atoms. The van der Waals surface area contributed by atoms with Crippen molar-refractivity contribution in [2.24, 2.45) is 0 Å². The number of hydrogen-bond donors (Lipinski definition) is 2. The third-order valence-electron chi connectivity index (χ3n) is 2.35. The van der Waals surface area contributed by atoms with Crippen LogP contribution in [0.5, 0.6) is 0 Å². The van der Waals surface area contributed by atoms with Crippen LogP contribution >= 0.6 is 0 Å². The lowest BCUT2D eigenvalue weighted by Gasteiger charge is -2.33. The Morgan fingerprint density at radius 2 is 2.06 bits per heavy atom. The van der Waals surface area contributed by atoms with Crippen molar-refractivity contribution in [1.29, 1.82) is 0 Å². The van der Waals surface area contributed by atoms with E-state index in [1.807, 2.05) is 0 Å². The first kappa shape index (κ1) is 14.3. The Morgan fingerprint density at radius 1 is 1.44 bits per heavy atom. The number of hydrogen-bond acceptors (Lipinski definition) is 4. The molecule has 0 spiro atoms. The largest absolute Gasteiger partial charge is 0.465 e. The van der Waals surface area contributed by atoms with E-state index >= 15 is 0 Å². The van der Waals surface area contributed by atoms with Gasteiger partial charge in [-0.1, -0.05) is 0 Å². The molecule has 0 aromatic heterocycles. The van der Waals surface area contributed by atoms with E-state index in [4.69, 9.17) is 9.84 Å². The summed E-state index contributed by atoms with van der Waals surface area (Å²) >= 11 is 0. The average molecular weight is 258 g/mol. The van der Waals surface area contributed by atoms with Gasteiger partial charge in [0, 0.05) is 6.42 Å². The number of carbonyl (C=O) groups is 3. The third kappa shape index (κ3) is 4.23. The zero-order valence-corrected chi connectivity index (χ0v) is 10.7. The summed E-state index contributed by atoms with van der Waals surface area (Å²) in [6.45, 7) is 4.94. The minimum absolute atomic E-state index is 0.153. The quantitative estimate of drug-likeness (QED) is 0.736. The van der Waals surface area contributed by atoms with Crippen LogP contribution in [-0.2, 0) is 9.53 Å². The Kier molecular flexibility index (Phi) is 4.15. The molecule has 1 heterocycles. The van der Waals surface area contributed by atoms with Crippen LogP contribution < -0.4 is 5.32 Å². The molecule has 7 nitrogen and oxygen atoms in total. The molecule has 1 saturated heterocycles. The molecule has 0 bridgehead atoms. The number of ketones is 1. The zero-order chi connectivity index (χ0) is 13.9. The molecule has 0 aromatic carbocycles. The smallest absolute Gasteiger partial charge is 0.409 e. The summed E-state index contributed by atoms with van der Waals surface area (Å²) in [5.41, 5.74) is -0.650. The van der Waals surface area contributed by atoms with Crippen molar-refractivity contribution in [3.63, 3.8) is 0 Å². The SMILES string of the molecule is CC(C)(C)OC(=O)NC1CCC(=O)CN1C(=O)O. The van der Waals surface area contributed by atoms with Gasteiger partial charge in [0.2, 0.25) is 0 Å². The molecule has 7 heteroatoms. The number of rotatable bonds is 1. The Labute approximate surface area is 105 Å². The molecule has 2 N–H and O–H groups in total. The number of likely N-dealkylation sites (tertiary alicyclic amines) is 1. The van der Waals surface area contributed by atoms with Crippen molar-refractivity contribution >= 4 is 18.0 Å². The van der Waals surface area contributed by atoms with Crippen molar-refractivity contribution in [2.45, 2.75) is 45.4 Å². The molecule has 1 aliphatic heterocycles. The number of piperidine rings is 1. The summed E-state index contributed by atoms with van der Waals surface area (Å²) in [6, 6.07) is 0. The van der Waals surface area contributed by atoms with Gasteiger partial charge in [0.15, 0.2) is 5.78 Å². The first-order valence-corrected chi connectivity index (χ1v) is 5.70. The Bertz CT molecular complexity index is 361. The van der Waals surface area contributed by atoms with E-state index in [1.165, 1.54) is 0 Å². The maximum Gasteiger partial charge on any atom is 0.409 e. The molecular formula is C11H18N2O5. The maximum absolute atomic E-state index is 11.5.